The molecule has 0 saturated heterocycles. The highest BCUT2D eigenvalue weighted by atomic mass is 33.1. The van der Waals surface area contributed by atoms with Gasteiger partial charge in [0.05, 0.1) is 54.4 Å². The van der Waals surface area contributed by atoms with Crippen molar-refractivity contribution in [3.63, 3.8) is 0 Å². The summed E-state index contributed by atoms with van der Waals surface area (Å²) in [5.74, 6) is -12.3. The van der Waals surface area contributed by atoms with Gasteiger partial charge in [-0.3, -0.25) is 62.7 Å². The van der Waals surface area contributed by atoms with Crippen LogP contribution < -0.4 is 48.5 Å². The van der Waals surface area contributed by atoms with Gasteiger partial charge in [-0.25, -0.2) is 24.4 Å². The number of rotatable bonds is 33. The second-order valence-electron chi connectivity index (χ2n) is 25.4. The molecular formula is C68H80N16O19S3. The lowest BCUT2D eigenvalue weighted by atomic mass is 9.84. The van der Waals surface area contributed by atoms with Crippen molar-refractivity contribution in [3.8, 4) is 0 Å². The number of nitrogens with two attached hydrogens (primary N) is 1. The average Bonchev–Trinajstić information content (AvgIpc) is 1.56. The zero-order chi connectivity index (χ0) is 77.0. The number of carboxylic acid groups (broad SMARTS) is 2. The number of carbonyl (C=O) groups excluding carboxylic acids is 9. The number of nitrogens with one attached hydrogen (secondary N) is 10. The van der Waals surface area contributed by atoms with Crippen molar-refractivity contribution in [2.75, 3.05) is 61.7 Å². The van der Waals surface area contributed by atoms with Crippen LogP contribution in [-0.4, -0.2) is 197 Å². The highest BCUT2D eigenvalue weighted by molar-refractivity contribution is 8.76. The lowest BCUT2D eigenvalue weighted by molar-refractivity contribution is -0.142. The molecular weight excluding hydrogens is 1440 g/mol. The number of nitrogen functional groups attached to an aromatic ring is 1. The van der Waals surface area contributed by atoms with Crippen LogP contribution >= 0.6 is 21.6 Å². The number of esters is 1. The highest BCUT2D eigenvalue weighted by Gasteiger charge is 2.46. The van der Waals surface area contributed by atoms with Crippen LogP contribution in [0.4, 0.5) is 16.4 Å². The van der Waals surface area contributed by atoms with Gasteiger partial charge in [0.1, 0.15) is 30.7 Å². The molecule has 8 bridgehead atoms. The number of nitrogens with zero attached hydrogens (tertiary/aromatic N) is 5. The number of aromatic amines is 3. The fourth-order valence-electron chi connectivity index (χ4n) is 12.7. The van der Waals surface area contributed by atoms with Gasteiger partial charge < -0.3 is 72.6 Å². The number of benzene rings is 1. The van der Waals surface area contributed by atoms with Crippen molar-refractivity contribution in [3.05, 3.63) is 121 Å². The number of ketones is 2. The zero-order valence-electron chi connectivity index (χ0n) is 58.5. The minimum atomic E-state index is -4.54. The largest absolute Gasteiger partial charge is 0.480 e. The van der Waals surface area contributed by atoms with E-state index in [9.17, 15) is 76.2 Å². The van der Waals surface area contributed by atoms with E-state index in [4.69, 9.17) is 29.7 Å². The van der Waals surface area contributed by atoms with Gasteiger partial charge in [-0.05, 0) is 93.6 Å². The maximum absolute atomic E-state index is 14.5. The van der Waals surface area contributed by atoms with Crippen LogP contribution in [0.2, 0.25) is 0 Å². The van der Waals surface area contributed by atoms with Crippen LogP contribution in [0, 0.1) is 13.8 Å². The Morgan fingerprint density at radius 3 is 2.09 bits per heavy atom. The third-order valence-electron chi connectivity index (χ3n) is 18.3. The van der Waals surface area contributed by atoms with E-state index >= 15 is 0 Å². The molecule has 2 aliphatic heterocycles. The molecule has 106 heavy (non-hydrogen) atoms. The van der Waals surface area contributed by atoms with Crippen molar-refractivity contribution in [1.29, 1.82) is 0 Å². The molecule has 564 valence electrons. The second kappa shape index (κ2) is 34.8. The number of ether oxygens (including phenoxy) is 2. The number of carbonyl (C=O) groups is 11. The molecule has 5 aromatic heterocycles. The third-order valence-corrected chi connectivity index (χ3v) is 21.4. The number of anilines is 2. The van der Waals surface area contributed by atoms with Crippen LogP contribution in [0.15, 0.2) is 53.5 Å². The molecule has 6 amide bonds. The first kappa shape index (κ1) is 79.3. The monoisotopic (exact) mass is 1520 g/mol. The minimum Gasteiger partial charge on any atom is -0.480 e. The fraction of sp³-hybridized carbons (Fsp3) is 0.426. The molecule has 9 rings (SSSR count). The summed E-state index contributed by atoms with van der Waals surface area (Å²) < 4.78 is 42.2. The number of hydrogen-bond acceptors (Lipinski definition) is 25. The normalized spacial score (nSPS) is 16.8. The molecule has 0 radical (unpaired) electrons. The summed E-state index contributed by atoms with van der Waals surface area (Å²) in [6, 6.07) is 6.33. The number of alkyl carbamates (subject to hydrolysis) is 1. The topological polar surface area (TPSA) is 540 Å². The molecule has 8 atom stereocenters. The maximum Gasteiger partial charge on any atom is 0.407 e. The zero-order valence-corrected chi connectivity index (χ0v) is 61.0. The Morgan fingerprint density at radius 1 is 0.736 bits per heavy atom. The summed E-state index contributed by atoms with van der Waals surface area (Å²) in [6.45, 7) is 10.5. The number of H-pyrrole nitrogens is 3. The first-order valence-electron chi connectivity index (χ1n) is 33.6. The molecule has 0 spiro atoms. The van der Waals surface area contributed by atoms with Crippen molar-refractivity contribution in [1.82, 2.24) is 71.8 Å². The molecule has 3 aliphatic rings. The number of aryl methyl sites for hydroxylation is 2. The van der Waals surface area contributed by atoms with Crippen LogP contribution in [0.5, 0.6) is 0 Å². The highest BCUT2D eigenvalue weighted by Crippen LogP contribution is 2.48. The number of amides is 6. The summed E-state index contributed by atoms with van der Waals surface area (Å²) in [5, 5.41) is 37.4. The van der Waals surface area contributed by atoms with E-state index in [0.29, 0.717) is 72.7 Å². The van der Waals surface area contributed by atoms with Gasteiger partial charge in [0.15, 0.2) is 22.7 Å². The Kier molecular flexibility index (Phi) is 26.0. The quantitative estimate of drug-likeness (QED) is 0.00688. The van der Waals surface area contributed by atoms with Crippen molar-refractivity contribution < 1.29 is 85.4 Å². The smallest absolute Gasteiger partial charge is 0.407 e. The molecule has 38 heteroatoms. The standard InChI is InChI=1S/C68H80N16O19S3/c1-8-38-30(2)41-25-46-52(34(6)85)32(4)43(77-46)23-42-31(3)39(56(79-42)54-55(66(97)102-7)59(89)53-33(5)44(80-57(53)54)24-45(38)76-41)13-15-49(86)70-17-18-72-68(98)103-20-21-104-105-29-48(65(95)96)82-62(91)47(26-51(88)71-19-22-106(99,100)101)78-50(87)16-14-40(64(93)94)81-61(90)35-9-11-36(12-10-35)73-27-37-28-74-60-58(75-37)63(92)84-67(69)83-60/h9-12,23-25,28,30-31,38-40,47-48,55,73,77,80H,8,13-22,26-27,29H2,1-7H3,(H,70,86)(H,71,88)(H,72,98)(H,78,87)(H,81,90)(H,82,91)(H,93,94)(H,95,96)(H,99,100,101)(H3,69,74,83,84,92)/t30-,31+,38-,39+,40+,47+,48+,55?/m1/s1. The van der Waals surface area contributed by atoms with Crippen LogP contribution in [0.25, 0.3) is 33.2 Å². The van der Waals surface area contributed by atoms with E-state index in [1.165, 1.54) is 44.5 Å². The first-order chi connectivity index (χ1) is 50.3. The van der Waals surface area contributed by atoms with E-state index in [0.717, 1.165) is 39.4 Å². The summed E-state index contributed by atoms with van der Waals surface area (Å²) in [5.41, 5.74) is 13.3. The first-order valence-corrected chi connectivity index (χ1v) is 37.7. The number of methoxy groups -OCH3 is 1. The number of carboxylic acids is 2. The summed E-state index contributed by atoms with van der Waals surface area (Å²) in [7, 11) is -1.32. The lowest BCUT2D eigenvalue weighted by Crippen LogP contribution is -2.54. The van der Waals surface area contributed by atoms with E-state index < -0.39 is 131 Å². The van der Waals surface area contributed by atoms with Crippen LogP contribution in [0.1, 0.15) is 172 Å². The molecule has 1 unspecified atom stereocenters. The predicted octanol–water partition coefficient (Wildman–Crippen LogP) is 4.11. The SMILES string of the molecule is CC[C@H]1c2cc3[nH]c4c(c3C)C(=O)C(C(=O)OC)c4c3nc(cc4[nH]c(cc(n2)[C@@H]1C)c(C(C)=O)c4C)[C@@H](C)[C@@H]3CCC(=O)NCCNC(=O)OCCSSC[C@H](NC(=O)[C@H](CC(=O)NCCS(=O)(=O)O)NC(=O)CC[C@H](NC(=O)c1ccc(NCc2cnc3nc(N)[nH]c(=O)c3n2)cc1)C(=O)O)C(=O)O. The molecule has 0 fully saturated rings. The van der Waals surface area contributed by atoms with Crippen LogP contribution in [-0.2, 0) is 59.7 Å². The Balaban J connectivity index is 0.746. The van der Waals surface area contributed by atoms with E-state index in [-0.39, 0.29) is 103 Å². The van der Waals surface area contributed by atoms with E-state index in [2.05, 4.69) is 81.0 Å². The molecule has 1 aromatic carbocycles. The molecule has 7 heterocycles. The lowest BCUT2D eigenvalue weighted by Gasteiger charge is -2.21. The number of hydrogen-bond donors (Lipinski definition) is 14. The third kappa shape index (κ3) is 19.4. The van der Waals surface area contributed by atoms with Gasteiger partial charge >= 0.3 is 24.0 Å². The molecule has 6 aromatic rings. The van der Waals surface area contributed by atoms with Gasteiger partial charge in [-0.1, -0.05) is 42.4 Å². The number of Topliss-reactive ketones (excluding diaryl/α,β-unsaturated/α-hetero) is 2. The number of fused-ring (bicyclic) bond motifs is 9. The Labute approximate surface area is 612 Å². The summed E-state index contributed by atoms with van der Waals surface area (Å²) >= 11 is 0. The number of aromatic nitrogens is 8. The van der Waals surface area contributed by atoms with Crippen molar-refractivity contribution in [2.45, 2.75) is 134 Å². The predicted molar refractivity (Wildman–Crippen MR) is 388 cm³/mol. The van der Waals surface area contributed by atoms with Gasteiger partial charge in [-0.15, -0.1) is 0 Å². The molecule has 15 N–H and O–H groups in total. The molecule has 35 nitrogen and oxygen atoms in total. The summed E-state index contributed by atoms with van der Waals surface area (Å²) in [4.78, 5) is 190. The molecule has 0 saturated carbocycles. The van der Waals surface area contributed by atoms with Gasteiger partial charge in [-0.2, -0.15) is 13.4 Å². The number of aliphatic carboxylic acids is 2. The second-order valence-corrected chi connectivity index (χ2v) is 29.6. The Hall–Kier alpha value is -10.9. The van der Waals surface area contributed by atoms with Gasteiger partial charge in [0.25, 0.3) is 21.6 Å². The molecule has 1 aliphatic carbocycles. The van der Waals surface area contributed by atoms with E-state index in [1.807, 2.05) is 39.0 Å². The van der Waals surface area contributed by atoms with Gasteiger partial charge in [0, 0.05) is 124 Å². The van der Waals surface area contributed by atoms with Gasteiger partial charge in [0.2, 0.25) is 29.6 Å². The van der Waals surface area contributed by atoms with Crippen molar-refractivity contribution in [2.24, 2.45) is 0 Å². The minimum absolute atomic E-state index is 0.000815. The van der Waals surface area contributed by atoms with Crippen molar-refractivity contribution >= 4 is 142 Å². The Morgan fingerprint density at radius 2 is 1.41 bits per heavy atom. The maximum atomic E-state index is 14.5. The fourth-order valence-corrected chi connectivity index (χ4v) is 15.1. The van der Waals surface area contributed by atoms with Crippen LogP contribution in [0.3, 0.4) is 0 Å². The summed E-state index contributed by atoms with van der Waals surface area (Å²) in [6.07, 6.45) is -0.608. The average molecular weight is 1520 g/mol. The Bertz CT molecular complexity index is 4840. The van der Waals surface area contributed by atoms with E-state index in [1.54, 1.807) is 0 Å².